The Morgan fingerprint density at radius 2 is 1.82 bits per heavy atom. The predicted molar refractivity (Wildman–Crippen MR) is 118 cm³/mol. The lowest BCUT2D eigenvalue weighted by atomic mass is 9.94. The first kappa shape index (κ1) is 24.7. The van der Waals surface area contributed by atoms with E-state index >= 15 is 0 Å². The van der Waals surface area contributed by atoms with E-state index < -0.39 is 17.7 Å². The van der Waals surface area contributed by atoms with Crippen LogP contribution in [0.15, 0.2) is 42.5 Å². The third kappa shape index (κ3) is 6.56. The molecule has 0 spiro atoms. The average Bonchev–Trinajstić information content (AvgIpc) is 2.80. The summed E-state index contributed by atoms with van der Waals surface area (Å²) in [5.74, 6) is -1.52. The number of β-amino-alcohol motifs (C(OH)–C–C–N with tert-alkyl or cyclic N) is 1. The van der Waals surface area contributed by atoms with Gasteiger partial charge in [0.15, 0.2) is 0 Å². The number of carbonyl (C=O) groups excluding carboxylic acids is 1. The smallest absolute Gasteiger partial charge is 0.222 e. The minimum Gasteiger partial charge on any atom is -0.389 e. The van der Waals surface area contributed by atoms with E-state index in [-0.39, 0.29) is 68.3 Å². The number of hydrogen-bond acceptors (Lipinski definition) is 5. The summed E-state index contributed by atoms with van der Waals surface area (Å²) in [7, 11) is 0. The van der Waals surface area contributed by atoms with E-state index in [4.69, 9.17) is 9.47 Å². The molecule has 2 N–H and O–H groups in total. The Kier molecular flexibility index (Phi) is 8.20. The van der Waals surface area contributed by atoms with Gasteiger partial charge in [0.05, 0.1) is 37.9 Å². The highest BCUT2D eigenvalue weighted by atomic mass is 19.1. The van der Waals surface area contributed by atoms with Crippen molar-refractivity contribution in [1.29, 1.82) is 0 Å². The van der Waals surface area contributed by atoms with Gasteiger partial charge in [0.1, 0.15) is 17.5 Å². The summed E-state index contributed by atoms with van der Waals surface area (Å²) >= 11 is 0. The minimum absolute atomic E-state index is 0.109. The number of ether oxygens (including phenoxy) is 2. The Hall–Kier alpha value is -2.46. The number of aliphatic hydroxyl groups is 1. The number of halogens is 3. The van der Waals surface area contributed by atoms with Crippen molar-refractivity contribution in [2.75, 3.05) is 19.8 Å². The molecule has 2 fully saturated rings. The molecule has 2 aromatic carbocycles. The SMILES string of the molecule is O=C(C[C@H]1CC[C@H]2[C@@H](COC[C@@H](O)CN2Cc2cc(F)ccc2F)O1)NCc1ccc(F)cc1. The van der Waals surface area contributed by atoms with Crippen LogP contribution in [-0.2, 0) is 27.4 Å². The van der Waals surface area contributed by atoms with Crippen LogP contribution >= 0.6 is 0 Å². The number of hydrogen-bond donors (Lipinski definition) is 2. The number of benzene rings is 2. The van der Waals surface area contributed by atoms with E-state index in [9.17, 15) is 23.1 Å². The number of carbonyl (C=O) groups is 1. The van der Waals surface area contributed by atoms with Crippen LogP contribution in [0.4, 0.5) is 13.2 Å². The van der Waals surface area contributed by atoms with Crippen LogP contribution in [0.2, 0.25) is 0 Å². The molecule has 0 saturated carbocycles. The second kappa shape index (κ2) is 11.3. The maximum atomic E-state index is 14.3. The molecule has 6 nitrogen and oxygen atoms in total. The molecule has 0 unspecified atom stereocenters. The van der Waals surface area contributed by atoms with Crippen LogP contribution < -0.4 is 5.32 Å². The second-order valence-corrected chi connectivity index (χ2v) is 8.91. The van der Waals surface area contributed by atoms with Crippen molar-refractivity contribution in [2.45, 2.75) is 56.7 Å². The van der Waals surface area contributed by atoms with Crippen LogP contribution in [0.3, 0.4) is 0 Å². The summed E-state index contributed by atoms with van der Waals surface area (Å²) in [6.07, 6.45) is -0.00169. The van der Waals surface area contributed by atoms with Crippen molar-refractivity contribution in [3.63, 3.8) is 0 Å². The summed E-state index contributed by atoms with van der Waals surface area (Å²) in [5, 5.41) is 13.1. The van der Waals surface area contributed by atoms with Crippen molar-refractivity contribution in [1.82, 2.24) is 10.2 Å². The summed E-state index contributed by atoms with van der Waals surface area (Å²) in [5.41, 5.74) is 1.02. The number of nitrogens with one attached hydrogen (secondary N) is 1. The fourth-order valence-electron chi connectivity index (χ4n) is 4.59. The third-order valence-electron chi connectivity index (χ3n) is 6.28. The first-order valence-corrected chi connectivity index (χ1v) is 11.5. The lowest BCUT2D eigenvalue weighted by Gasteiger charge is -2.44. The zero-order valence-corrected chi connectivity index (χ0v) is 18.8. The summed E-state index contributed by atoms with van der Waals surface area (Å²) < 4.78 is 52.8. The molecule has 0 aliphatic carbocycles. The van der Waals surface area contributed by atoms with E-state index in [1.165, 1.54) is 18.2 Å². The van der Waals surface area contributed by atoms with E-state index in [1.807, 2.05) is 4.90 Å². The molecule has 2 aliphatic rings. The molecule has 4 atom stereocenters. The zero-order chi connectivity index (χ0) is 24.1. The van der Waals surface area contributed by atoms with E-state index in [0.29, 0.717) is 19.4 Å². The highest BCUT2D eigenvalue weighted by Gasteiger charge is 2.38. The highest BCUT2D eigenvalue weighted by molar-refractivity contribution is 5.76. The van der Waals surface area contributed by atoms with Crippen LogP contribution in [-0.4, -0.2) is 60.0 Å². The van der Waals surface area contributed by atoms with Crippen molar-refractivity contribution in [2.24, 2.45) is 0 Å². The fourth-order valence-corrected chi connectivity index (χ4v) is 4.59. The topological polar surface area (TPSA) is 71.0 Å². The molecule has 2 heterocycles. The van der Waals surface area contributed by atoms with Crippen molar-refractivity contribution < 1.29 is 32.5 Å². The van der Waals surface area contributed by atoms with Gasteiger partial charge in [0, 0.05) is 31.2 Å². The molecule has 9 heteroatoms. The van der Waals surface area contributed by atoms with Gasteiger partial charge in [0.2, 0.25) is 5.91 Å². The molecule has 2 saturated heterocycles. The Morgan fingerprint density at radius 1 is 1.06 bits per heavy atom. The van der Waals surface area contributed by atoms with Gasteiger partial charge in [0.25, 0.3) is 0 Å². The molecule has 34 heavy (non-hydrogen) atoms. The van der Waals surface area contributed by atoms with Crippen molar-refractivity contribution >= 4 is 5.91 Å². The molecule has 0 bridgehead atoms. The van der Waals surface area contributed by atoms with Gasteiger partial charge in [-0.25, -0.2) is 13.2 Å². The molecular weight excluding hydrogens is 449 g/mol. The summed E-state index contributed by atoms with van der Waals surface area (Å²) in [6, 6.07) is 9.11. The van der Waals surface area contributed by atoms with E-state index in [0.717, 1.165) is 17.7 Å². The molecular formula is C25H29F3N2O4. The van der Waals surface area contributed by atoms with Gasteiger partial charge in [-0.2, -0.15) is 0 Å². The van der Waals surface area contributed by atoms with Crippen molar-refractivity contribution in [3.05, 3.63) is 71.0 Å². The normalized spacial score (nSPS) is 25.8. The van der Waals surface area contributed by atoms with Gasteiger partial charge in [-0.05, 0) is 48.7 Å². The molecule has 1 amide bonds. The van der Waals surface area contributed by atoms with Crippen LogP contribution in [0.25, 0.3) is 0 Å². The van der Waals surface area contributed by atoms with Gasteiger partial charge in [-0.1, -0.05) is 12.1 Å². The predicted octanol–water partition coefficient (Wildman–Crippen LogP) is 2.92. The molecule has 2 aliphatic heterocycles. The number of amides is 1. The lowest BCUT2D eigenvalue weighted by molar-refractivity contribution is -0.158. The fraction of sp³-hybridized carbons (Fsp3) is 0.480. The highest BCUT2D eigenvalue weighted by Crippen LogP contribution is 2.29. The minimum atomic E-state index is -0.757. The number of aliphatic hydroxyl groups excluding tert-OH is 1. The summed E-state index contributed by atoms with van der Waals surface area (Å²) in [6.45, 7) is 1.01. The standard InChI is InChI=1S/C25H29F3N2O4/c26-18-3-1-16(2-4-18)11-29-25(32)10-21-6-8-23-24(34-21)15-33-14-20(31)13-30(23)12-17-9-19(27)5-7-22(17)28/h1-5,7,9,20-21,23-24,31H,6,8,10-15H2,(H,29,32)/t20-,21+,23-,24+/m0/s1. The first-order valence-electron chi connectivity index (χ1n) is 11.5. The second-order valence-electron chi connectivity index (χ2n) is 8.91. The maximum Gasteiger partial charge on any atom is 0.222 e. The monoisotopic (exact) mass is 478 g/mol. The Morgan fingerprint density at radius 3 is 2.62 bits per heavy atom. The van der Waals surface area contributed by atoms with Gasteiger partial charge in [-0.15, -0.1) is 0 Å². The van der Waals surface area contributed by atoms with E-state index in [2.05, 4.69) is 5.32 Å². The molecule has 0 aromatic heterocycles. The Bertz CT molecular complexity index is 975. The van der Waals surface area contributed by atoms with Crippen LogP contribution in [0.5, 0.6) is 0 Å². The third-order valence-corrected chi connectivity index (χ3v) is 6.28. The van der Waals surface area contributed by atoms with Crippen LogP contribution in [0.1, 0.15) is 30.4 Å². The maximum absolute atomic E-state index is 14.3. The lowest BCUT2D eigenvalue weighted by Crippen LogP contribution is -2.55. The van der Waals surface area contributed by atoms with Gasteiger partial charge >= 0.3 is 0 Å². The summed E-state index contributed by atoms with van der Waals surface area (Å²) in [4.78, 5) is 14.4. The molecule has 4 rings (SSSR count). The number of fused-ring (bicyclic) bond motifs is 1. The van der Waals surface area contributed by atoms with Gasteiger partial charge < -0.3 is 19.9 Å². The zero-order valence-electron chi connectivity index (χ0n) is 18.8. The quantitative estimate of drug-likeness (QED) is 0.668. The number of nitrogens with zero attached hydrogens (tertiary/aromatic N) is 1. The molecule has 0 radical (unpaired) electrons. The Balaban J connectivity index is 1.36. The Labute approximate surface area is 196 Å². The largest absolute Gasteiger partial charge is 0.389 e. The van der Waals surface area contributed by atoms with Crippen LogP contribution in [0, 0.1) is 17.5 Å². The van der Waals surface area contributed by atoms with Gasteiger partial charge in [-0.3, -0.25) is 9.69 Å². The van der Waals surface area contributed by atoms with Crippen molar-refractivity contribution in [3.8, 4) is 0 Å². The number of rotatable bonds is 6. The first-order chi connectivity index (χ1) is 16.4. The van der Waals surface area contributed by atoms with E-state index in [1.54, 1.807) is 12.1 Å². The molecule has 2 aromatic rings. The molecule has 184 valence electrons. The average molecular weight is 479 g/mol.